The lowest BCUT2D eigenvalue weighted by atomic mass is 10.1. The number of halogens is 1. The van der Waals surface area contributed by atoms with Gasteiger partial charge < -0.3 is 4.74 Å². The number of ether oxygens (including phenoxy) is 1. The van der Waals surface area contributed by atoms with Gasteiger partial charge in [0.1, 0.15) is 11.3 Å². The average molecular weight is 236 g/mol. The number of aromatic nitrogens is 1. The molecule has 2 nitrogen and oxygen atoms in total. The second-order valence-corrected chi connectivity index (χ2v) is 4.16. The number of fused-ring (bicyclic) bond motifs is 1. The highest BCUT2D eigenvalue weighted by atomic mass is 35.5. The van der Waals surface area contributed by atoms with Gasteiger partial charge in [-0.3, -0.25) is 0 Å². The summed E-state index contributed by atoms with van der Waals surface area (Å²) in [5, 5.41) is 1.73. The first kappa shape index (κ1) is 11.2. The van der Waals surface area contributed by atoms with Gasteiger partial charge in [-0.05, 0) is 31.0 Å². The Hall–Kier alpha value is -1.28. The van der Waals surface area contributed by atoms with Gasteiger partial charge in [-0.1, -0.05) is 24.6 Å². The molecule has 1 aromatic heterocycles. The summed E-state index contributed by atoms with van der Waals surface area (Å²) in [6.45, 7) is 4.09. The highest BCUT2D eigenvalue weighted by Crippen LogP contribution is 2.32. The summed E-state index contributed by atoms with van der Waals surface area (Å²) in [5.41, 5.74) is 2.96. The van der Waals surface area contributed by atoms with Crippen molar-refractivity contribution in [3.63, 3.8) is 0 Å². The first-order valence-electron chi connectivity index (χ1n) is 5.30. The first-order chi connectivity index (χ1) is 7.67. The van der Waals surface area contributed by atoms with E-state index in [-0.39, 0.29) is 0 Å². The lowest BCUT2D eigenvalue weighted by molar-refractivity contribution is 0.418. The molecule has 0 amide bonds. The first-order valence-corrected chi connectivity index (χ1v) is 5.68. The van der Waals surface area contributed by atoms with Crippen molar-refractivity contribution < 1.29 is 4.74 Å². The van der Waals surface area contributed by atoms with E-state index in [1.165, 1.54) is 0 Å². The normalized spacial score (nSPS) is 10.8. The van der Waals surface area contributed by atoms with E-state index in [4.69, 9.17) is 16.3 Å². The van der Waals surface area contributed by atoms with E-state index >= 15 is 0 Å². The van der Waals surface area contributed by atoms with Crippen LogP contribution in [0.2, 0.25) is 5.02 Å². The zero-order chi connectivity index (χ0) is 11.7. The Morgan fingerprint density at radius 1 is 1.38 bits per heavy atom. The molecule has 2 rings (SSSR count). The molecule has 0 N–H and O–H groups in total. The number of hydrogen-bond donors (Lipinski definition) is 0. The second kappa shape index (κ2) is 4.30. The van der Waals surface area contributed by atoms with Crippen LogP contribution in [0.3, 0.4) is 0 Å². The van der Waals surface area contributed by atoms with E-state index in [9.17, 15) is 0 Å². The maximum atomic E-state index is 6.28. The van der Waals surface area contributed by atoms with Gasteiger partial charge in [-0.2, -0.15) is 0 Å². The van der Waals surface area contributed by atoms with Gasteiger partial charge in [0.15, 0.2) is 0 Å². The molecule has 1 aromatic carbocycles. The van der Waals surface area contributed by atoms with Crippen molar-refractivity contribution in [3.8, 4) is 5.75 Å². The van der Waals surface area contributed by atoms with E-state index in [2.05, 4.69) is 11.9 Å². The molecule has 0 saturated carbocycles. The zero-order valence-corrected chi connectivity index (χ0v) is 10.4. The van der Waals surface area contributed by atoms with Crippen LogP contribution >= 0.6 is 11.6 Å². The molecule has 2 aromatic rings. The zero-order valence-electron chi connectivity index (χ0n) is 9.67. The Bertz CT molecular complexity index is 537. The number of benzene rings is 1. The number of hydrogen-bond acceptors (Lipinski definition) is 2. The van der Waals surface area contributed by atoms with Crippen molar-refractivity contribution in [1.29, 1.82) is 0 Å². The van der Waals surface area contributed by atoms with Crippen molar-refractivity contribution in [3.05, 3.63) is 34.5 Å². The van der Waals surface area contributed by atoms with Gasteiger partial charge in [-0.15, -0.1) is 0 Å². The van der Waals surface area contributed by atoms with Crippen LogP contribution in [0.15, 0.2) is 18.2 Å². The van der Waals surface area contributed by atoms with Crippen molar-refractivity contribution in [2.75, 3.05) is 7.11 Å². The summed E-state index contributed by atoms with van der Waals surface area (Å²) in [4.78, 5) is 4.58. The molecule has 1 heterocycles. The van der Waals surface area contributed by atoms with Crippen molar-refractivity contribution in [2.24, 2.45) is 0 Å². The van der Waals surface area contributed by atoms with Crippen LogP contribution in [-0.2, 0) is 6.42 Å². The fourth-order valence-corrected chi connectivity index (χ4v) is 2.19. The van der Waals surface area contributed by atoms with E-state index < -0.39 is 0 Å². The molecule has 0 unspecified atom stereocenters. The second-order valence-electron chi connectivity index (χ2n) is 3.76. The molecule has 0 spiro atoms. The smallest absolute Gasteiger partial charge is 0.145 e. The summed E-state index contributed by atoms with van der Waals surface area (Å²) < 4.78 is 5.32. The Balaban J connectivity index is 2.87. The van der Waals surface area contributed by atoms with Crippen molar-refractivity contribution >= 4 is 22.5 Å². The number of rotatable bonds is 2. The number of nitrogens with zero attached hydrogens (tertiary/aromatic N) is 1. The number of methoxy groups -OCH3 is 1. The summed E-state index contributed by atoms with van der Waals surface area (Å²) in [5.74, 6) is 0.776. The maximum absolute atomic E-state index is 6.28. The fourth-order valence-electron chi connectivity index (χ4n) is 1.83. The van der Waals surface area contributed by atoms with Crippen LogP contribution in [0.1, 0.15) is 18.2 Å². The van der Waals surface area contributed by atoms with Gasteiger partial charge in [-0.25, -0.2) is 4.98 Å². The van der Waals surface area contributed by atoms with Crippen LogP contribution in [-0.4, -0.2) is 12.1 Å². The molecular formula is C13H14ClNO. The average Bonchev–Trinajstić information content (AvgIpc) is 2.28. The Kier molecular flexibility index (Phi) is 3.01. The monoisotopic (exact) mass is 235 g/mol. The Labute approximate surface area is 100 Å². The van der Waals surface area contributed by atoms with Crippen LogP contribution < -0.4 is 4.74 Å². The van der Waals surface area contributed by atoms with Crippen LogP contribution in [0.5, 0.6) is 5.75 Å². The molecule has 0 fully saturated rings. The van der Waals surface area contributed by atoms with Crippen LogP contribution in [0.25, 0.3) is 10.9 Å². The Morgan fingerprint density at radius 3 is 2.75 bits per heavy atom. The quantitative estimate of drug-likeness (QED) is 0.791. The largest absolute Gasteiger partial charge is 0.494 e. The topological polar surface area (TPSA) is 22.1 Å². The molecule has 0 bridgehead atoms. The molecule has 0 aliphatic carbocycles. The van der Waals surface area contributed by atoms with Gasteiger partial charge >= 0.3 is 0 Å². The standard InChI is InChI=1S/C13H14ClNO/c1-4-9-7-10(14)12-8(2)5-6-11(16-3)13(12)15-9/h5-7H,4H2,1-3H3. The highest BCUT2D eigenvalue weighted by molar-refractivity contribution is 6.35. The molecule has 0 atom stereocenters. The fraction of sp³-hybridized carbons (Fsp3) is 0.308. The molecule has 0 saturated heterocycles. The van der Waals surface area contributed by atoms with Gasteiger partial charge in [0, 0.05) is 11.1 Å². The molecule has 0 aliphatic heterocycles. The molecule has 0 radical (unpaired) electrons. The number of pyridine rings is 1. The SMILES string of the molecule is CCc1cc(Cl)c2c(C)ccc(OC)c2n1. The third-order valence-electron chi connectivity index (χ3n) is 2.72. The minimum Gasteiger partial charge on any atom is -0.494 e. The molecule has 0 aliphatic rings. The van der Waals surface area contributed by atoms with Crippen LogP contribution in [0, 0.1) is 6.92 Å². The highest BCUT2D eigenvalue weighted by Gasteiger charge is 2.10. The third-order valence-corrected chi connectivity index (χ3v) is 3.02. The summed E-state index contributed by atoms with van der Waals surface area (Å²) in [7, 11) is 1.65. The Morgan fingerprint density at radius 2 is 2.12 bits per heavy atom. The van der Waals surface area contributed by atoms with Crippen molar-refractivity contribution in [1.82, 2.24) is 4.98 Å². The maximum Gasteiger partial charge on any atom is 0.145 e. The molecule has 16 heavy (non-hydrogen) atoms. The van der Waals surface area contributed by atoms with E-state index in [1.54, 1.807) is 7.11 Å². The molecule has 84 valence electrons. The summed E-state index contributed by atoms with van der Waals surface area (Å²) >= 11 is 6.28. The predicted octanol–water partition coefficient (Wildman–Crippen LogP) is 3.77. The third kappa shape index (κ3) is 1.74. The van der Waals surface area contributed by atoms with Crippen molar-refractivity contribution in [2.45, 2.75) is 20.3 Å². The van der Waals surface area contributed by atoms with Gasteiger partial charge in [0.05, 0.1) is 12.1 Å². The lowest BCUT2D eigenvalue weighted by Gasteiger charge is -2.10. The van der Waals surface area contributed by atoms with E-state index in [1.807, 2.05) is 25.1 Å². The molecule has 3 heteroatoms. The summed E-state index contributed by atoms with van der Waals surface area (Å²) in [6.07, 6.45) is 0.868. The predicted molar refractivity (Wildman–Crippen MR) is 67.4 cm³/mol. The summed E-state index contributed by atoms with van der Waals surface area (Å²) in [6, 6.07) is 5.86. The molecular weight excluding hydrogens is 222 g/mol. The minimum absolute atomic E-state index is 0.748. The van der Waals surface area contributed by atoms with Gasteiger partial charge in [0.2, 0.25) is 0 Å². The van der Waals surface area contributed by atoms with Crippen LogP contribution in [0.4, 0.5) is 0 Å². The number of aryl methyl sites for hydroxylation is 2. The lowest BCUT2D eigenvalue weighted by Crippen LogP contribution is -1.94. The van der Waals surface area contributed by atoms with Gasteiger partial charge in [0.25, 0.3) is 0 Å². The van der Waals surface area contributed by atoms with E-state index in [0.717, 1.165) is 39.4 Å². The van der Waals surface area contributed by atoms with E-state index in [0.29, 0.717) is 0 Å². The minimum atomic E-state index is 0.748.